The van der Waals surface area contributed by atoms with Gasteiger partial charge in [0.25, 0.3) is 0 Å². The minimum Gasteiger partial charge on any atom is -0.466 e. The first-order valence-corrected chi connectivity index (χ1v) is 6.43. The quantitative estimate of drug-likeness (QED) is 0.562. The van der Waals surface area contributed by atoms with Gasteiger partial charge in [0.1, 0.15) is 18.9 Å². The van der Waals surface area contributed by atoms with Crippen molar-refractivity contribution >= 4 is 17.7 Å². The fraction of sp³-hybridized carbons (Fsp3) is 0.400. The molecule has 0 aromatic heterocycles. The van der Waals surface area contributed by atoms with Gasteiger partial charge in [-0.1, -0.05) is 30.3 Å². The third-order valence-electron chi connectivity index (χ3n) is 2.68. The normalized spacial score (nSPS) is 11.5. The zero-order chi connectivity index (χ0) is 15.0. The molecule has 5 nitrogen and oxygen atoms in total. The molecule has 0 fully saturated rings. The van der Waals surface area contributed by atoms with Crippen molar-refractivity contribution in [2.75, 3.05) is 6.61 Å². The van der Waals surface area contributed by atoms with Crippen LogP contribution in [0.15, 0.2) is 30.3 Å². The summed E-state index contributed by atoms with van der Waals surface area (Å²) in [7, 11) is 0. The minimum atomic E-state index is -0.969. The Morgan fingerprint density at radius 2 is 1.75 bits per heavy atom. The number of rotatable bonds is 7. The van der Waals surface area contributed by atoms with Gasteiger partial charge >= 0.3 is 11.9 Å². The van der Waals surface area contributed by atoms with E-state index in [1.165, 1.54) is 6.92 Å². The molecule has 0 aliphatic rings. The highest BCUT2D eigenvalue weighted by atomic mass is 16.5. The molecule has 1 aromatic carbocycles. The second-order valence-electron chi connectivity index (χ2n) is 4.26. The lowest BCUT2D eigenvalue weighted by Crippen LogP contribution is -2.25. The minimum absolute atomic E-state index is 0.108. The Morgan fingerprint density at radius 3 is 2.35 bits per heavy atom. The van der Waals surface area contributed by atoms with Crippen LogP contribution in [0.2, 0.25) is 0 Å². The summed E-state index contributed by atoms with van der Waals surface area (Å²) in [6, 6.07) is 9.16. The van der Waals surface area contributed by atoms with E-state index in [2.05, 4.69) is 4.74 Å². The van der Waals surface area contributed by atoms with E-state index in [1.54, 1.807) is 6.92 Å². The molecule has 0 heterocycles. The Balaban J connectivity index is 2.42. The Kier molecular flexibility index (Phi) is 6.43. The number of esters is 2. The van der Waals surface area contributed by atoms with Gasteiger partial charge in [0.2, 0.25) is 0 Å². The monoisotopic (exact) mass is 278 g/mol. The highest BCUT2D eigenvalue weighted by Crippen LogP contribution is 2.08. The lowest BCUT2D eigenvalue weighted by Gasteiger charge is -2.10. The lowest BCUT2D eigenvalue weighted by atomic mass is 10.0. The van der Waals surface area contributed by atoms with Gasteiger partial charge in [-0.2, -0.15) is 0 Å². The van der Waals surface area contributed by atoms with Gasteiger partial charge in [0.05, 0.1) is 6.61 Å². The van der Waals surface area contributed by atoms with E-state index in [0.29, 0.717) is 0 Å². The van der Waals surface area contributed by atoms with Crippen molar-refractivity contribution in [3.8, 4) is 0 Å². The summed E-state index contributed by atoms with van der Waals surface area (Å²) < 4.78 is 9.70. The van der Waals surface area contributed by atoms with Crippen molar-refractivity contribution in [3.05, 3.63) is 35.9 Å². The predicted octanol–water partition coefficient (Wildman–Crippen LogP) is 1.89. The van der Waals surface area contributed by atoms with E-state index < -0.39 is 30.1 Å². The van der Waals surface area contributed by atoms with Crippen molar-refractivity contribution in [3.63, 3.8) is 0 Å². The standard InChI is InChI=1S/C15H18O5/c1-3-19-14(17)9-13(16)11(2)15(18)20-10-12-7-5-4-6-8-12/h4-8,11H,3,9-10H2,1-2H3. The maximum atomic E-state index is 11.7. The number of hydrogen-bond acceptors (Lipinski definition) is 5. The number of carbonyl (C=O) groups is 3. The molecular formula is C15H18O5. The topological polar surface area (TPSA) is 69.7 Å². The molecule has 1 unspecified atom stereocenters. The van der Waals surface area contributed by atoms with Crippen molar-refractivity contribution < 1.29 is 23.9 Å². The van der Waals surface area contributed by atoms with E-state index in [-0.39, 0.29) is 13.2 Å². The first-order valence-electron chi connectivity index (χ1n) is 6.43. The molecule has 1 rings (SSSR count). The second-order valence-corrected chi connectivity index (χ2v) is 4.26. The highest BCUT2D eigenvalue weighted by Gasteiger charge is 2.25. The summed E-state index contributed by atoms with van der Waals surface area (Å²) in [5.74, 6) is -2.73. The van der Waals surface area contributed by atoms with Crippen LogP contribution in [0, 0.1) is 5.92 Å². The molecule has 0 bridgehead atoms. The molecule has 0 saturated carbocycles. The molecule has 20 heavy (non-hydrogen) atoms. The van der Waals surface area contributed by atoms with Crippen molar-refractivity contribution in [2.45, 2.75) is 26.9 Å². The van der Waals surface area contributed by atoms with Gasteiger partial charge in [-0.3, -0.25) is 14.4 Å². The van der Waals surface area contributed by atoms with Crippen LogP contribution in [0.1, 0.15) is 25.8 Å². The van der Waals surface area contributed by atoms with Crippen molar-refractivity contribution in [1.82, 2.24) is 0 Å². The van der Waals surface area contributed by atoms with Crippen molar-refractivity contribution in [2.24, 2.45) is 5.92 Å². The second kappa shape index (κ2) is 8.09. The molecule has 1 aromatic rings. The van der Waals surface area contributed by atoms with E-state index in [1.807, 2.05) is 30.3 Å². The molecule has 108 valence electrons. The molecule has 0 N–H and O–H groups in total. The predicted molar refractivity (Wildman–Crippen MR) is 71.7 cm³/mol. The third kappa shape index (κ3) is 5.22. The summed E-state index contributed by atoms with van der Waals surface area (Å²) in [6.45, 7) is 3.39. The number of benzene rings is 1. The SMILES string of the molecule is CCOC(=O)CC(=O)C(C)C(=O)OCc1ccccc1. The van der Waals surface area contributed by atoms with Crippen LogP contribution in [0.5, 0.6) is 0 Å². The molecule has 0 saturated heterocycles. The van der Waals surface area contributed by atoms with E-state index in [9.17, 15) is 14.4 Å². The number of hydrogen-bond donors (Lipinski definition) is 0. The van der Waals surface area contributed by atoms with Gasteiger partial charge in [-0.25, -0.2) is 0 Å². The zero-order valence-electron chi connectivity index (χ0n) is 11.6. The van der Waals surface area contributed by atoms with Gasteiger partial charge in [-0.05, 0) is 19.4 Å². The molecule has 0 spiro atoms. The van der Waals surface area contributed by atoms with Gasteiger partial charge < -0.3 is 9.47 Å². The van der Waals surface area contributed by atoms with Gasteiger partial charge in [0, 0.05) is 0 Å². The summed E-state index contributed by atoms with van der Waals surface area (Å²) in [6.07, 6.45) is -0.407. The highest BCUT2D eigenvalue weighted by molar-refractivity contribution is 6.05. The maximum absolute atomic E-state index is 11.7. The zero-order valence-corrected chi connectivity index (χ0v) is 11.6. The van der Waals surface area contributed by atoms with Crippen LogP contribution in [-0.2, 0) is 30.5 Å². The molecule has 0 amide bonds. The van der Waals surface area contributed by atoms with Crippen LogP contribution in [0.25, 0.3) is 0 Å². The average molecular weight is 278 g/mol. The average Bonchev–Trinajstić information content (AvgIpc) is 2.45. The Labute approximate surface area is 117 Å². The maximum Gasteiger partial charge on any atom is 0.316 e. The van der Waals surface area contributed by atoms with Crippen LogP contribution in [-0.4, -0.2) is 24.3 Å². The Bertz CT molecular complexity index is 466. The summed E-state index contributed by atoms with van der Waals surface area (Å²) >= 11 is 0. The van der Waals surface area contributed by atoms with Gasteiger partial charge in [0.15, 0.2) is 5.78 Å². The van der Waals surface area contributed by atoms with E-state index in [0.717, 1.165) is 5.56 Å². The molecule has 1 atom stereocenters. The van der Waals surface area contributed by atoms with Crippen LogP contribution in [0.4, 0.5) is 0 Å². The summed E-state index contributed by atoms with van der Waals surface area (Å²) in [5, 5.41) is 0. The van der Waals surface area contributed by atoms with Crippen LogP contribution >= 0.6 is 0 Å². The molecule has 0 aliphatic carbocycles. The first kappa shape index (κ1) is 15.9. The van der Waals surface area contributed by atoms with Crippen LogP contribution < -0.4 is 0 Å². The molecule has 5 heteroatoms. The molecule has 0 aliphatic heterocycles. The lowest BCUT2D eigenvalue weighted by molar-refractivity contribution is -0.154. The number of carbonyl (C=O) groups excluding carboxylic acids is 3. The Hall–Kier alpha value is -2.17. The fourth-order valence-corrected chi connectivity index (χ4v) is 1.49. The van der Waals surface area contributed by atoms with Gasteiger partial charge in [-0.15, -0.1) is 0 Å². The van der Waals surface area contributed by atoms with Crippen molar-refractivity contribution in [1.29, 1.82) is 0 Å². The third-order valence-corrected chi connectivity index (χ3v) is 2.68. The first-order chi connectivity index (χ1) is 9.54. The Morgan fingerprint density at radius 1 is 1.10 bits per heavy atom. The molecule has 0 radical (unpaired) electrons. The summed E-state index contributed by atoms with van der Waals surface area (Å²) in [5.41, 5.74) is 0.839. The summed E-state index contributed by atoms with van der Waals surface area (Å²) in [4.78, 5) is 34.5. The molecular weight excluding hydrogens is 260 g/mol. The number of ketones is 1. The van der Waals surface area contributed by atoms with E-state index >= 15 is 0 Å². The van der Waals surface area contributed by atoms with E-state index in [4.69, 9.17) is 4.74 Å². The smallest absolute Gasteiger partial charge is 0.316 e. The fourth-order valence-electron chi connectivity index (χ4n) is 1.49. The number of Topliss-reactive ketones (excluding diaryl/α,β-unsaturated/α-hetero) is 1. The number of ether oxygens (including phenoxy) is 2. The largest absolute Gasteiger partial charge is 0.466 e. The van der Waals surface area contributed by atoms with Crippen LogP contribution in [0.3, 0.4) is 0 Å².